The molecule has 98 heavy (non-hydrogen) atoms. The summed E-state index contributed by atoms with van der Waals surface area (Å²) in [6.07, 6.45) is -4.18. The van der Waals surface area contributed by atoms with Gasteiger partial charge in [0.1, 0.15) is 83.6 Å². The third-order valence-electron chi connectivity index (χ3n) is 17.7. The highest BCUT2D eigenvalue weighted by Crippen LogP contribution is 2.25. The van der Waals surface area contributed by atoms with E-state index in [4.69, 9.17) is 42.6 Å². The number of ether oxygens (including phenoxy) is 9. The zero-order valence-electron chi connectivity index (χ0n) is 59.2. The van der Waals surface area contributed by atoms with Crippen LogP contribution >= 0.6 is 0 Å². The molecule has 3 aliphatic rings. The van der Waals surface area contributed by atoms with Crippen molar-refractivity contribution in [3.05, 3.63) is 0 Å². The molecule has 29 nitrogen and oxygen atoms in total. The van der Waals surface area contributed by atoms with E-state index in [1.54, 1.807) is 20.8 Å². The van der Waals surface area contributed by atoms with Gasteiger partial charge in [-0.15, -0.1) is 0 Å². The Morgan fingerprint density at radius 2 is 0.673 bits per heavy atom. The van der Waals surface area contributed by atoms with E-state index >= 15 is 0 Å². The number of amides is 3. The number of Topliss-reactive ketones (excluding diaryl/α,β-unsaturated/α-hetero) is 4. The number of carbonyl (C=O) groups excluding carboxylic acids is 7. The molecule has 0 radical (unpaired) electrons. The van der Waals surface area contributed by atoms with Crippen molar-refractivity contribution in [3.8, 4) is 0 Å². The summed E-state index contributed by atoms with van der Waals surface area (Å²) in [7, 11) is 2.07. The van der Waals surface area contributed by atoms with Crippen LogP contribution in [0.25, 0.3) is 0 Å². The number of aliphatic hydroxyl groups excluding tert-OH is 9. The molecule has 29 heteroatoms. The van der Waals surface area contributed by atoms with Crippen LogP contribution in [-0.2, 0) is 76.2 Å². The van der Waals surface area contributed by atoms with Gasteiger partial charge in [-0.25, -0.2) is 0 Å². The number of rotatable bonds is 58. The van der Waals surface area contributed by atoms with Gasteiger partial charge in [-0.05, 0) is 131 Å². The summed E-state index contributed by atoms with van der Waals surface area (Å²) in [5.74, 6) is -0.672. The van der Waals surface area contributed by atoms with Crippen molar-refractivity contribution in [2.45, 2.75) is 305 Å². The Morgan fingerprint density at radius 3 is 1.06 bits per heavy atom. The van der Waals surface area contributed by atoms with Gasteiger partial charge in [0.2, 0.25) is 17.7 Å². The van der Waals surface area contributed by atoms with E-state index in [-0.39, 0.29) is 152 Å². The smallest absolute Gasteiger partial charge is 0.222 e. The summed E-state index contributed by atoms with van der Waals surface area (Å²) in [6.45, 7) is 9.48. The Balaban J connectivity index is 1.49. The lowest BCUT2D eigenvalue weighted by Crippen LogP contribution is -2.58. The number of nitrogens with zero attached hydrogens (tertiary/aromatic N) is 1. The highest BCUT2D eigenvalue weighted by Gasteiger charge is 2.45. The first-order valence-corrected chi connectivity index (χ1v) is 36.1. The number of carbonyl (C=O) groups is 7. The van der Waals surface area contributed by atoms with Gasteiger partial charge in [-0.3, -0.25) is 33.6 Å². The highest BCUT2D eigenvalue weighted by molar-refractivity contribution is 5.80. The molecule has 570 valence electrons. The quantitative estimate of drug-likeness (QED) is 0.0386. The molecule has 12 N–H and O–H groups in total. The predicted octanol–water partition coefficient (Wildman–Crippen LogP) is 1.81. The van der Waals surface area contributed by atoms with Crippen LogP contribution in [0.4, 0.5) is 0 Å². The van der Waals surface area contributed by atoms with Gasteiger partial charge in [-0.2, -0.15) is 0 Å². The molecular weight excluding hydrogens is 1280 g/mol. The normalized spacial score (nSPS) is 26.4. The second-order valence-corrected chi connectivity index (χ2v) is 26.7. The number of hydrogen-bond acceptors (Lipinski definition) is 26. The summed E-state index contributed by atoms with van der Waals surface area (Å²) >= 11 is 0. The molecule has 0 aromatic carbocycles. The lowest BCUT2D eigenvalue weighted by Gasteiger charge is -2.38. The first kappa shape index (κ1) is 88.5. The minimum Gasteiger partial charge on any atom is -0.388 e. The van der Waals surface area contributed by atoms with Gasteiger partial charge in [0.15, 0.2) is 18.9 Å². The van der Waals surface area contributed by atoms with Crippen LogP contribution in [0.1, 0.15) is 207 Å². The topological polar surface area (TPSA) is 424 Å². The molecule has 0 saturated carbocycles. The molecule has 0 aromatic rings. The first-order chi connectivity index (χ1) is 46.9. The molecule has 3 aliphatic heterocycles. The van der Waals surface area contributed by atoms with Crippen LogP contribution in [0.5, 0.6) is 0 Å². The van der Waals surface area contributed by atoms with E-state index in [1.165, 1.54) is 0 Å². The van der Waals surface area contributed by atoms with Gasteiger partial charge < -0.3 is 109 Å². The zero-order chi connectivity index (χ0) is 72.3. The fraction of sp³-hybridized carbons (Fsp3) is 0.899. The molecule has 15 atom stereocenters. The Morgan fingerprint density at radius 1 is 0.357 bits per heavy atom. The summed E-state index contributed by atoms with van der Waals surface area (Å²) in [5, 5.41) is 98.8. The molecule has 0 bridgehead atoms. The van der Waals surface area contributed by atoms with Gasteiger partial charge in [0, 0.05) is 104 Å². The second kappa shape index (κ2) is 51.5. The van der Waals surface area contributed by atoms with Crippen molar-refractivity contribution < 1.29 is 122 Å². The van der Waals surface area contributed by atoms with Crippen molar-refractivity contribution in [2.24, 2.45) is 0 Å². The van der Waals surface area contributed by atoms with E-state index in [2.05, 4.69) is 34.8 Å². The van der Waals surface area contributed by atoms with Crippen LogP contribution in [0, 0.1) is 0 Å². The van der Waals surface area contributed by atoms with E-state index in [0.717, 1.165) is 32.4 Å². The predicted molar refractivity (Wildman–Crippen MR) is 357 cm³/mol. The minimum absolute atomic E-state index is 0.0238. The Labute approximate surface area is 579 Å². The van der Waals surface area contributed by atoms with Gasteiger partial charge in [0.25, 0.3) is 0 Å². The van der Waals surface area contributed by atoms with Crippen molar-refractivity contribution >= 4 is 40.9 Å². The summed E-state index contributed by atoms with van der Waals surface area (Å²) in [4.78, 5) is 92.8. The minimum atomic E-state index is -1.41. The third-order valence-corrected chi connectivity index (χ3v) is 17.7. The molecule has 15 unspecified atom stereocenters. The summed E-state index contributed by atoms with van der Waals surface area (Å²) < 4.78 is 51.4. The monoisotopic (exact) mass is 1410 g/mol. The maximum Gasteiger partial charge on any atom is 0.222 e. The average molecular weight is 1410 g/mol. The van der Waals surface area contributed by atoms with Crippen molar-refractivity contribution in [1.29, 1.82) is 0 Å². The maximum absolute atomic E-state index is 13.8. The molecule has 3 fully saturated rings. The van der Waals surface area contributed by atoms with Crippen molar-refractivity contribution in [3.63, 3.8) is 0 Å². The largest absolute Gasteiger partial charge is 0.388 e. The number of hydrogen-bond donors (Lipinski definition) is 12. The highest BCUT2D eigenvalue weighted by atomic mass is 16.7. The fourth-order valence-electron chi connectivity index (χ4n) is 11.4. The van der Waals surface area contributed by atoms with E-state index in [9.17, 15) is 79.5 Å². The van der Waals surface area contributed by atoms with E-state index < -0.39 is 97.7 Å². The SMILES string of the molecule is CCCN(C)CCCCCC(=O)NC(COCCC(=O)CCCCCC(=O)CCCCOC1OC(C)C(O)C(O)C1O)(COCCC(=O)CCCCCC(=O)CCCCOC1OC(C)C(O)C(O)C1O)COCCC(=O)NCCCNC(=O)CCCCOC1OC(C)C(O)C(O)C1O. The van der Waals surface area contributed by atoms with Gasteiger partial charge in [-0.1, -0.05) is 26.2 Å². The Kier molecular flexibility index (Phi) is 46.5. The molecule has 0 spiro atoms. The zero-order valence-corrected chi connectivity index (χ0v) is 59.2. The van der Waals surface area contributed by atoms with Crippen LogP contribution < -0.4 is 16.0 Å². The van der Waals surface area contributed by atoms with Gasteiger partial charge in [0.05, 0.1) is 58.0 Å². The molecule has 3 saturated heterocycles. The third kappa shape index (κ3) is 37.0. The van der Waals surface area contributed by atoms with Crippen molar-refractivity contribution in [2.75, 3.05) is 92.7 Å². The van der Waals surface area contributed by atoms with E-state index in [0.29, 0.717) is 122 Å². The summed E-state index contributed by atoms with van der Waals surface area (Å²) in [5.41, 5.74) is -1.29. The number of ketones is 4. The van der Waals surface area contributed by atoms with Crippen LogP contribution in [0.15, 0.2) is 0 Å². The Hall–Kier alpha value is -3.67. The number of unbranched alkanes of at least 4 members (excludes halogenated alkanes) is 9. The molecule has 0 aromatic heterocycles. The van der Waals surface area contributed by atoms with Crippen LogP contribution in [0.2, 0.25) is 0 Å². The van der Waals surface area contributed by atoms with Crippen LogP contribution in [-0.4, -0.2) is 282 Å². The average Bonchev–Trinajstić information content (AvgIpc) is 0.849. The van der Waals surface area contributed by atoms with Crippen molar-refractivity contribution in [1.82, 2.24) is 20.9 Å². The second-order valence-electron chi connectivity index (χ2n) is 26.7. The van der Waals surface area contributed by atoms with Crippen LogP contribution in [0.3, 0.4) is 0 Å². The summed E-state index contributed by atoms with van der Waals surface area (Å²) in [6, 6.07) is 0. The maximum atomic E-state index is 13.8. The fourth-order valence-corrected chi connectivity index (χ4v) is 11.4. The van der Waals surface area contributed by atoms with E-state index in [1.807, 2.05) is 0 Å². The molecule has 3 amide bonds. The molecule has 3 heterocycles. The standard InChI is InChI=1S/C69H124N4O25/c1-6-36-73(5)37-18-9-14-30-56(80)72-69(44-90-41-31-52(76)25-12-7-10-23-50(74)27-15-19-38-93-66-63(87)60(84)57(81)47(2)96-66,45-91-42-32-53(77)26-13-8-11-24-51(75)28-16-20-39-94-67-64(88)61(85)58(82)48(3)97-67)46-92-43-33-55(79)71-35-22-34-70-54(78)29-17-21-40-95-68-65(89)62(86)59(83)49(4)98-68/h47-49,57-68,81-89H,6-46H2,1-5H3,(H,70,78)(H,71,79)(H,72,80). The lowest BCUT2D eigenvalue weighted by molar-refractivity contribution is -0.293. The lowest BCUT2D eigenvalue weighted by atomic mass is 10.00. The number of nitrogens with one attached hydrogen (secondary N) is 3. The number of aliphatic hydroxyl groups is 9. The Bertz CT molecular complexity index is 2020. The molecule has 0 aliphatic carbocycles. The molecular formula is C69H124N4O25. The first-order valence-electron chi connectivity index (χ1n) is 36.1. The molecule has 3 rings (SSSR count). The van der Waals surface area contributed by atoms with Gasteiger partial charge >= 0.3 is 0 Å².